The minimum absolute atomic E-state index is 0.0997. The van der Waals surface area contributed by atoms with Crippen molar-refractivity contribution in [1.82, 2.24) is 5.32 Å². The monoisotopic (exact) mass is 218 g/mol. The first-order chi connectivity index (χ1) is 6.28. The molecule has 0 aliphatic heterocycles. The SMILES string of the molecule is C=C(NC(C)(C)CS(=O)[O-])C(C)CC. The molecule has 4 heteroatoms. The van der Waals surface area contributed by atoms with Crippen molar-refractivity contribution < 1.29 is 8.76 Å². The van der Waals surface area contributed by atoms with Gasteiger partial charge in [-0.1, -0.05) is 31.5 Å². The highest BCUT2D eigenvalue weighted by atomic mass is 32.2. The van der Waals surface area contributed by atoms with Crippen molar-refractivity contribution in [2.75, 3.05) is 5.75 Å². The summed E-state index contributed by atoms with van der Waals surface area (Å²) in [5.74, 6) is 0.469. The van der Waals surface area contributed by atoms with Crippen LogP contribution in [0, 0.1) is 5.92 Å². The molecule has 0 fully saturated rings. The maximum absolute atomic E-state index is 10.6. The van der Waals surface area contributed by atoms with Crippen LogP contribution in [0.5, 0.6) is 0 Å². The van der Waals surface area contributed by atoms with Crippen LogP contribution in [0.1, 0.15) is 34.1 Å². The van der Waals surface area contributed by atoms with Crippen LogP contribution in [0.2, 0.25) is 0 Å². The molecule has 0 aromatic carbocycles. The Morgan fingerprint density at radius 3 is 2.50 bits per heavy atom. The molecule has 0 aliphatic carbocycles. The van der Waals surface area contributed by atoms with Crippen LogP contribution in [-0.4, -0.2) is 20.1 Å². The van der Waals surface area contributed by atoms with Gasteiger partial charge in [0, 0.05) is 17.0 Å². The molecule has 0 aromatic rings. The fourth-order valence-corrected chi connectivity index (χ4v) is 1.80. The minimum atomic E-state index is -2.02. The normalized spacial score (nSPS) is 16.1. The van der Waals surface area contributed by atoms with Crippen molar-refractivity contribution in [2.24, 2.45) is 5.92 Å². The average Bonchev–Trinajstić information content (AvgIpc) is 1.99. The van der Waals surface area contributed by atoms with E-state index in [1.807, 2.05) is 13.8 Å². The maximum Gasteiger partial charge on any atom is 0.0418 e. The Balaban J connectivity index is 4.21. The molecule has 3 nitrogen and oxygen atoms in total. The average molecular weight is 218 g/mol. The molecule has 0 radical (unpaired) electrons. The van der Waals surface area contributed by atoms with Crippen molar-refractivity contribution in [3.8, 4) is 0 Å². The third kappa shape index (κ3) is 5.40. The molecule has 2 atom stereocenters. The quantitative estimate of drug-likeness (QED) is 0.692. The van der Waals surface area contributed by atoms with E-state index in [0.29, 0.717) is 5.92 Å². The third-order valence-corrected chi connectivity index (χ3v) is 3.14. The molecule has 84 valence electrons. The van der Waals surface area contributed by atoms with E-state index in [9.17, 15) is 8.76 Å². The maximum atomic E-state index is 10.6. The third-order valence-electron chi connectivity index (χ3n) is 2.18. The van der Waals surface area contributed by atoms with Gasteiger partial charge in [0.25, 0.3) is 0 Å². The van der Waals surface area contributed by atoms with Crippen LogP contribution < -0.4 is 5.32 Å². The van der Waals surface area contributed by atoms with Gasteiger partial charge in [-0.15, -0.1) is 0 Å². The van der Waals surface area contributed by atoms with Crippen molar-refractivity contribution >= 4 is 11.1 Å². The summed E-state index contributed by atoms with van der Waals surface area (Å²) in [6, 6.07) is 0. The Bertz CT molecular complexity index is 226. The van der Waals surface area contributed by atoms with E-state index in [2.05, 4.69) is 25.7 Å². The lowest BCUT2D eigenvalue weighted by Crippen LogP contribution is -2.44. The first kappa shape index (κ1) is 13.7. The van der Waals surface area contributed by atoms with Crippen molar-refractivity contribution in [1.29, 1.82) is 0 Å². The van der Waals surface area contributed by atoms with Crippen LogP contribution in [-0.2, 0) is 11.1 Å². The first-order valence-electron chi connectivity index (χ1n) is 4.81. The summed E-state index contributed by atoms with van der Waals surface area (Å²) in [5.41, 5.74) is 0.468. The molecule has 0 amide bonds. The van der Waals surface area contributed by atoms with Crippen LogP contribution in [0.15, 0.2) is 12.3 Å². The molecule has 0 heterocycles. The van der Waals surface area contributed by atoms with Gasteiger partial charge < -0.3 is 9.87 Å². The molecule has 2 unspecified atom stereocenters. The molecule has 0 saturated heterocycles. The van der Waals surface area contributed by atoms with E-state index in [1.165, 1.54) is 0 Å². The molecule has 0 rings (SSSR count). The van der Waals surface area contributed by atoms with E-state index in [4.69, 9.17) is 0 Å². The molecular formula is C10H20NO2S-. The Kier molecular flexibility index (Phi) is 5.37. The van der Waals surface area contributed by atoms with E-state index < -0.39 is 16.6 Å². The summed E-state index contributed by atoms with van der Waals surface area (Å²) in [4.78, 5) is 0. The second-order valence-electron chi connectivity index (χ2n) is 4.29. The van der Waals surface area contributed by atoms with E-state index in [1.54, 1.807) is 0 Å². The smallest absolute Gasteiger partial charge is 0.0418 e. The summed E-state index contributed by atoms with van der Waals surface area (Å²) < 4.78 is 21.1. The zero-order chi connectivity index (χ0) is 11.4. The molecule has 0 aromatic heterocycles. The van der Waals surface area contributed by atoms with Gasteiger partial charge in [-0.25, -0.2) is 0 Å². The Hall–Kier alpha value is -0.350. The van der Waals surface area contributed by atoms with Gasteiger partial charge in [0.1, 0.15) is 0 Å². The molecule has 0 aliphatic rings. The fraction of sp³-hybridized carbons (Fsp3) is 0.800. The molecule has 0 spiro atoms. The molecule has 14 heavy (non-hydrogen) atoms. The Morgan fingerprint density at radius 2 is 2.14 bits per heavy atom. The lowest BCUT2D eigenvalue weighted by molar-refractivity contribution is 0.426. The fourth-order valence-electron chi connectivity index (χ4n) is 1.13. The van der Waals surface area contributed by atoms with Crippen LogP contribution in [0.25, 0.3) is 0 Å². The number of hydrogen-bond acceptors (Lipinski definition) is 3. The minimum Gasteiger partial charge on any atom is -0.772 e. The highest BCUT2D eigenvalue weighted by molar-refractivity contribution is 7.79. The topological polar surface area (TPSA) is 52.2 Å². The lowest BCUT2D eigenvalue weighted by atomic mass is 10.0. The van der Waals surface area contributed by atoms with Crippen molar-refractivity contribution in [3.63, 3.8) is 0 Å². The predicted molar refractivity (Wildman–Crippen MR) is 59.6 cm³/mol. The standard InChI is InChI=1S/C10H21NO2S/c1-6-8(2)9(3)11-10(4,5)7-14(12)13/h8,11H,3,6-7H2,1-2,4-5H3,(H,12,13)/p-1. The highest BCUT2D eigenvalue weighted by Gasteiger charge is 2.19. The summed E-state index contributed by atoms with van der Waals surface area (Å²) in [7, 11) is 0. The predicted octanol–water partition coefficient (Wildman–Crippen LogP) is 1.79. The molecule has 0 bridgehead atoms. The first-order valence-corrected chi connectivity index (χ1v) is 6.05. The van der Waals surface area contributed by atoms with Gasteiger partial charge in [0.15, 0.2) is 0 Å². The van der Waals surface area contributed by atoms with Gasteiger partial charge in [-0.05, 0) is 26.2 Å². The summed E-state index contributed by atoms with van der Waals surface area (Å²) in [6.45, 7) is 11.8. The largest absolute Gasteiger partial charge is 0.772 e. The molecule has 1 N–H and O–H groups in total. The Labute approximate surface area is 89.3 Å². The van der Waals surface area contributed by atoms with E-state index in [0.717, 1.165) is 12.1 Å². The molecule has 0 saturated carbocycles. The zero-order valence-electron chi connectivity index (χ0n) is 9.42. The number of hydrogen-bond donors (Lipinski definition) is 1. The molecular weight excluding hydrogens is 198 g/mol. The van der Waals surface area contributed by atoms with Gasteiger partial charge in [0.05, 0.1) is 0 Å². The second-order valence-corrected chi connectivity index (χ2v) is 5.19. The van der Waals surface area contributed by atoms with Gasteiger partial charge in [-0.3, -0.25) is 4.21 Å². The lowest BCUT2D eigenvalue weighted by Gasteiger charge is -2.31. The Morgan fingerprint density at radius 1 is 1.64 bits per heavy atom. The summed E-state index contributed by atoms with van der Waals surface area (Å²) in [5, 5.41) is 3.15. The number of allylic oxidation sites excluding steroid dienone is 1. The van der Waals surface area contributed by atoms with Crippen molar-refractivity contribution in [3.05, 3.63) is 12.3 Å². The van der Waals surface area contributed by atoms with E-state index >= 15 is 0 Å². The van der Waals surface area contributed by atoms with Gasteiger partial charge >= 0.3 is 0 Å². The van der Waals surface area contributed by atoms with Crippen LogP contribution in [0.3, 0.4) is 0 Å². The highest BCUT2D eigenvalue weighted by Crippen LogP contribution is 2.14. The van der Waals surface area contributed by atoms with E-state index in [-0.39, 0.29) is 5.75 Å². The summed E-state index contributed by atoms with van der Waals surface area (Å²) >= 11 is -2.02. The zero-order valence-corrected chi connectivity index (χ0v) is 10.2. The van der Waals surface area contributed by atoms with Crippen LogP contribution >= 0.6 is 0 Å². The second kappa shape index (κ2) is 5.51. The van der Waals surface area contributed by atoms with Crippen molar-refractivity contribution in [2.45, 2.75) is 39.7 Å². The summed E-state index contributed by atoms with van der Waals surface area (Å²) in [6.07, 6.45) is 1.00. The number of nitrogens with one attached hydrogen (secondary N) is 1. The van der Waals surface area contributed by atoms with Gasteiger partial charge in [0.2, 0.25) is 0 Å². The number of rotatable bonds is 6. The van der Waals surface area contributed by atoms with Crippen LogP contribution in [0.4, 0.5) is 0 Å². The van der Waals surface area contributed by atoms with Gasteiger partial charge in [-0.2, -0.15) is 0 Å².